The largest absolute Gasteiger partial charge is 0.369 e. The number of aromatic nitrogens is 1. The Morgan fingerprint density at radius 1 is 1.43 bits per heavy atom. The molecule has 1 aliphatic heterocycles. The van der Waals surface area contributed by atoms with Crippen LogP contribution in [0.25, 0.3) is 0 Å². The summed E-state index contributed by atoms with van der Waals surface area (Å²) in [5.41, 5.74) is 2.21. The summed E-state index contributed by atoms with van der Waals surface area (Å²) in [6.07, 6.45) is 3.31. The van der Waals surface area contributed by atoms with E-state index in [-0.39, 0.29) is 11.7 Å². The maximum absolute atomic E-state index is 5.96. The number of ether oxygens (including phenoxy) is 1. The molecule has 0 spiro atoms. The smallest absolute Gasteiger partial charge is 0.0805 e. The topological polar surface area (TPSA) is 37.4 Å². The first-order chi connectivity index (χ1) is 9.95. The van der Waals surface area contributed by atoms with Crippen molar-refractivity contribution in [2.24, 2.45) is 0 Å². The fourth-order valence-corrected chi connectivity index (χ4v) is 3.15. The number of rotatable bonds is 5. The van der Waals surface area contributed by atoms with Crippen LogP contribution < -0.4 is 10.2 Å². The molecule has 21 heavy (non-hydrogen) atoms. The SMILES string of the molecule is CCNC(CC)c1ccc(N2CC(C)OC(C)(C)C2)cn1. The van der Waals surface area contributed by atoms with Gasteiger partial charge >= 0.3 is 0 Å². The Labute approximate surface area is 128 Å². The van der Waals surface area contributed by atoms with Crippen molar-refractivity contribution in [2.45, 2.75) is 58.8 Å². The Balaban J connectivity index is 2.11. The Bertz CT molecular complexity index is 444. The van der Waals surface area contributed by atoms with E-state index >= 15 is 0 Å². The van der Waals surface area contributed by atoms with E-state index in [0.29, 0.717) is 6.04 Å². The van der Waals surface area contributed by atoms with Crippen LogP contribution in [0, 0.1) is 0 Å². The first-order valence-electron chi connectivity index (χ1n) is 8.07. The second kappa shape index (κ2) is 6.75. The second-order valence-corrected chi connectivity index (χ2v) is 6.53. The first-order valence-corrected chi connectivity index (χ1v) is 8.07. The Hall–Kier alpha value is -1.13. The molecule has 4 heteroatoms. The van der Waals surface area contributed by atoms with Gasteiger partial charge in [0.1, 0.15) is 0 Å². The molecule has 2 heterocycles. The van der Waals surface area contributed by atoms with Gasteiger partial charge in [-0.1, -0.05) is 13.8 Å². The highest BCUT2D eigenvalue weighted by molar-refractivity contribution is 5.46. The molecule has 2 atom stereocenters. The van der Waals surface area contributed by atoms with Crippen molar-refractivity contribution in [3.8, 4) is 0 Å². The van der Waals surface area contributed by atoms with Crippen molar-refractivity contribution < 1.29 is 4.74 Å². The predicted molar refractivity (Wildman–Crippen MR) is 87.8 cm³/mol. The van der Waals surface area contributed by atoms with E-state index in [1.54, 1.807) is 0 Å². The normalized spacial score (nSPS) is 23.1. The number of nitrogens with one attached hydrogen (secondary N) is 1. The molecule has 118 valence electrons. The molecule has 1 fully saturated rings. The molecule has 0 aromatic carbocycles. The van der Waals surface area contributed by atoms with Gasteiger partial charge in [0.05, 0.1) is 29.3 Å². The summed E-state index contributed by atoms with van der Waals surface area (Å²) in [6.45, 7) is 13.6. The van der Waals surface area contributed by atoms with Gasteiger partial charge in [0.2, 0.25) is 0 Å². The molecular weight excluding hydrogens is 262 g/mol. The van der Waals surface area contributed by atoms with E-state index < -0.39 is 0 Å². The zero-order valence-corrected chi connectivity index (χ0v) is 14.0. The Morgan fingerprint density at radius 3 is 2.71 bits per heavy atom. The molecule has 1 saturated heterocycles. The molecule has 1 aromatic heterocycles. The number of nitrogens with zero attached hydrogens (tertiary/aromatic N) is 2. The van der Waals surface area contributed by atoms with Crippen LogP contribution in [0.5, 0.6) is 0 Å². The number of pyridine rings is 1. The average molecular weight is 291 g/mol. The third kappa shape index (κ3) is 4.17. The van der Waals surface area contributed by atoms with Crippen LogP contribution in [0.4, 0.5) is 5.69 Å². The minimum Gasteiger partial charge on any atom is -0.369 e. The number of morpholine rings is 1. The van der Waals surface area contributed by atoms with E-state index in [2.05, 4.69) is 62.0 Å². The molecule has 2 unspecified atom stereocenters. The first kappa shape index (κ1) is 16.2. The lowest BCUT2D eigenvalue weighted by atomic mass is 10.0. The van der Waals surface area contributed by atoms with E-state index in [9.17, 15) is 0 Å². The highest BCUT2D eigenvalue weighted by Crippen LogP contribution is 2.26. The van der Waals surface area contributed by atoms with Crippen LogP contribution in [0.15, 0.2) is 18.3 Å². The molecule has 0 saturated carbocycles. The average Bonchev–Trinajstić information content (AvgIpc) is 2.43. The Kier molecular flexibility index (Phi) is 5.22. The number of hydrogen-bond acceptors (Lipinski definition) is 4. The minimum atomic E-state index is -0.105. The predicted octanol–water partition coefficient (Wildman–Crippen LogP) is 3.15. The van der Waals surface area contributed by atoms with Gasteiger partial charge in [0.25, 0.3) is 0 Å². The van der Waals surface area contributed by atoms with Crippen LogP contribution in [0.3, 0.4) is 0 Å². The van der Waals surface area contributed by atoms with E-state index in [1.807, 2.05) is 6.20 Å². The fourth-order valence-electron chi connectivity index (χ4n) is 3.15. The molecule has 0 aliphatic carbocycles. The van der Waals surface area contributed by atoms with Gasteiger partial charge in [-0.25, -0.2) is 0 Å². The van der Waals surface area contributed by atoms with Gasteiger partial charge in [-0.15, -0.1) is 0 Å². The zero-order chi connectivity index (χ0) is 15.5. The monoisotopic (exact) mass is 291 g/mol. The van der Waals surface area contributed by atoms with Crippen LogP contribution in [0.1, 0.15) is 52.8 Å². The maximum Gasteiger partial charge on any atom is 0.0805 e. The van der Waals surface area contributed by atoms with Gasteiger partial charge in [0.15, 0.2) is 0 Å². The van der Waals surface area contributed by atoms with E-state index in [1.165, 1.54) is 5.69 Å². The summed E-state index contributed by atoms with van der Waals surface area (Å²) in [4.78, 5) is 7.05. The molecule has 0 radical (unpaired) electrons. The van der Waals surface area contributed by atoms with E-state index in [4.69, 9.17) is 4.74 Å². The lowest BCUT2D eigenvalue weighted by Gasteiger charge is -2.42. The highest BCUT2D eigenvalue weighted by Gasteiger charge is 2.31. The molecule has 2 rings (SSSR count). The van der Waals surface area contributed by atoms with Gasteiger partial charge in [-0.2, -0.15) is 0 Å². The van der Waals surface area contributed by atoms with Crippen molar-refractivity contribution in [3.63, 3.8) is 0 Å². The maximum atomic E-state index is 5.96. The van der Waals surface area contributed by atoms with Gasteiger partial charge < -0.3 is 15.0 Å². The number of anilines is 1. The summed E-state index contributed by atoms with van der Waals surface area (Å²) in [5.74, 6) is 0. The lowest BCUT2D eigenvalue weighted by molar-refractivity contribution is -0.0749. The third-order valence-corrected chi connectivity index (χ3v) is 3.92. The molecule has 1 aromatic rings. The Morgan fingerprint density at radius 2 is 2.19 bits per heavy atom. The molecule has 1 N–H and O–H groups in total. The molecule has 0 bridgehead atoms. The fraction of sp³-hybridized carbons (Fsp3) is 0.706. The molecule has 1 aliphatic rings. The third-order valence-electron chi connectivity index (χ3n) is 3.92. The van der Waals surface area contributed by atoms with Crippen LogP contribution in [-0.2, 0) is 4.74 Å². The van der Waals surface area contributed by atoms with Gasteiger partial charge in [-0.3, -0.25) is 4.98 Å². The van der Waals surface area contributed by atoms with Crippen molar-refractivity contribution in [2.75, 3.05) is 24.5 Å². The van der Waals surface area contributed by atoms with E-state index in [0.717, 1.165) is 31.7 Å². The second-order valence-electron chi connectivity index (χ2n) is 6.53. The molecule has 0 amide bonds. The van der Waals surface area contributed by atoms with Crippen molar-refractivity contribution in [3.05, 3.63) is 24.0 Å². The summed E-state index contributed by atoms with van der Waals surface area (Å²) in [5, 5.41) is 3.47. The summed E-state index contributed by atoms with van der Waals surface area (Å²) >= 11 is 0. The van der Waals surface area contributed by atoms with Gasteiger partial charge in [-0.05, 0) is 45.9 Å². The van der Waals surface area contributed by atoms with Crippen LogP contribution in [0.2, 0.25) is 0 Å². The number of hydrogen-bond donors (Lipinski definition) is 1. The standard InChI is InChI=1S/C17H29N3O/c1-6-15(18-7-2)16-9-8-14(10-19-16)20-11-13(3)21-17(4,5)12-20/h8-10,13,15,18H,6-7,11-12H2,1-5H3. The van der Waals surface area contributed by atoms with Crippen molar-refractivity contribution >= 4 is 5.69 Å². The van der Waals surface area contributed by atoms with Gasteiger partial charge in [0, 0.05) is 19.1 Å². The summed E-state index contributed by atoms with van der Waals surface area (Å²) in [7, 11) is 0. The summed E-state index contributed by atoms with van der Waals surface area (Å²) in [6, 6.07) is 4.69. The minimum absolute atomic E-state index is 0.105. The molecular formula is C17H29N3O. The lowest BCUT2D eigenvalue weighted by Crippen LogP contribution is -2.52. The van der Waals surface area contributed by atoms with Crippen LogP contribution >= 0.6 is 0 Å². The molecule has 4 nitrogen and oxygen atoms in total. The zero-order valence-electron chi connectivity index (χ0n) is 14.0. The summed E-state index contributed by atoms with van der Waals surface area (Å²) < 4.78 is 5.96. The van der Waals surface area contributed by atoms with Crippen molar-refractivity contribution in [1.29, 1.82) is 0 Å². The van der Waals surface area contributed by atoms with Crippen LogP contribution in [-0.4, -0.2) is 36.3 Å². The quantitative estimate of drug-likeness (QED) is 0.904. The highest BCUT2D eigenvalue weighted by atomic mass is 16.5. The van der Waals surface area contributed by atoms with Crippen molar-refractivity contribution in [1.82, 2.24) is 10.3 Å².